The van der Waals surface area contributed by atoms with E-state index in [0.29, 0.717) is 13.1 Å². The van der Waals surface area contributed by atoms with Crippen LogP contribution >= 0.6 is 0 Å². The van der Waals surface area contributed by atoms with E-state index in [0.717, 1.165) is 0 Å². The molecule has 0 aromatic carbocycles. The normalized spacial score (nSPS) is 23.5. The van der Waals surface area contributed by atoms with E-state index in [1.165, 1.54) is 7.11 Å². The Labute approximate surface area is 59.3 Å². The lowest BCUT2D eigenvalue weighted by Crippen LogP contribution is -2.34. The summed E-state index contributed by atoms with van der Waals surface area (Å²) in [7, 11) is 1.39. The molecule has 10 heavy (non-hydrogen) atoms. The predicted octanol–water partition coefficient (Wildman–Crippen LogP) is -0.593. The number of esters is 1. The average Bonchev–Trinajstić information content (AvgIpc) is 2.05. The highest BCUT2D eigenvalue weighted by molar-refractivity contribution is 5.74. The van der Waals surface area contributed by atoms with Crippen LogP contribution in [0.2, 0.25) is 0 Å². The smallest absolute Gasteiger partial charge is 0.312 e. The number of hydrogen-bond donors (Lipinski definition) is 1. The van der Waals surface area contributed by atoms with E-state index in [1.54, 1.807) is 6.34 Å². The number of nitrogens with one attached hydrogen (secondary N) is 1. The van der Waals surface area contributed by atoms with Gasteiger partial charge < -0.3 is 10.1 Å². The first-order valence-corrected chi connectivity index (χ1v) is 3.14. The maximum atomic E-state index is 10.8. The van der Waals surface area contributed by atoms with Crippen LogP contribution in [0.3, 0.4) is 0 Å². The molecular formula is C6H10N2O2. The fourth-order valence-corrected chi connectivity index (χ4v) is 0.829. The van der Waals surface area contributed by atoms with Gasteiger partial charge in [-0.15, -0.1) is 0 Å². The second-order valence-corrected chi connectivity index (χ2v) is 2.12. The summed E-state index contributed by atoms with van der Waals surface area (Å²) in [6.45, 7) is 1.18. The number of aliphatic imine (C=N–C) groups is 1. The van der Waals surface area contributed by atoms with Crippen LogP contribution in [0, 0.1) is 5.92 Å². The summed E-state index contributed by atoms with van der Waals surface area (Å²) in [5.74, 6) is -0.292. The Hall–Kier alpha value is -1.06. The number of carbonyl (C=O) groups excluding carboxylic acids is 1. The Morgan fingerprint density at radius 3 is 3.20 bits per heavy atom. The van der Waals surface area contributed by atoms with Crippen molar-refractivity contribution < 1.29 is 9.53 Å². The fraction of sp³-hybridized carbons (Fsp3) is 0.667. The highest BCUT2D eigenvalue weighted by atomic mass is 16.5. The molecule has 0 saturated heterocycles. The standard InChI is InChI=1S/C6H10N2O2/c1-10-6(9)5-2-7-4-8-3-5/h4-5H,2-3H2,1H3,(H,7,8). The Kier molecular flexibility index (Phi) is 2.25. The van der Waals surface area contributed by atoms with Crippen molar-refractivity contribution in [2.75, 3.05) is 20.2 Å². The van der Waals surface area contributed by atoms with Crippen molar-refractivity contribution in [2.45, 2.75) is 0 Å². The van der Waals surface area contributed by atoms with Gasteiger partial charge in [-0.1, -0.05) is 0 Å². The Morgan fingerprint density at radius 2 is 2.70 bits per heavy atom. The first-order valence-electron chi connectivity index (χ1n) is 3.14. The van der Waals surface area contributed by atoms with Crippen molar-refractivity contribution in [2.24, 2.45) is 10.9 Å². The second-order valence-electron chi connectivity index (χ2n) is 2.12. The second kappa shape index (κ2) is 3.20. The molecule has 1 unspecified atom stereocenters. The molecule has 1 heterocycles. The van der Waals surface area contributed by atoms with E-state index in [1.807, 2.05) is 0 Å². The van der Waals surface area contributed by atoms with Crippen LogP contribution in [-0.2, 0) is 9.53 Å². The zero-order chi connectivity index (χ0) is 7.40. The molecule has 4 heteroatoms. The summed E-state index contributed by atoms with van der Waals surface area (Å²) in [5, 5.41) is 2.86. The van der Waals surface area contributed by atoms with Crippen molar-refractivity contribution in [1.29, 1.82) is 0 Å². The lowest BCUT2D eigenvalue weighted by molar-refractivity contribution is -0.144. The minimum Gasteiger partial charge on any atom is -0.469 e. The van der Waals surface area contributed by atoms with Crippen LogP contribution in [0.4, 0.5) is 0 Å². The minimum atomic E-state index is -0.190. The molecule has 0 bridgehead atoms. The maximum absolute atomic E-state index is 10.8. The maximum Gasteiger partial charge on any atom is 0.312 e. The van der Waals surface area contributed by atoms with Gasteiger partial charge in [0.2, 0.25) is 0 Å². The predicted molar refractivity (Wildman–Crippen MR) is 36.9 cm³/mol. The van der Waals surface area contributed by atoms with Crippen LogP contribution in [-0.4, -0.2) is 32.5 Å². The topological polar surface area (TPSA) is 50.7 Å². The summed E-state index contributed by atoms with van der Waals surface area (Å²) in [6, 6.07) is 0. The number of rotatable bonds is 1. The first-order chi connectivity index (χ1) is 4.84. The fourth-order valence-electron chi connectivity index (χ4n) is 0.829. The zero-order valence-corrected chi connectivity index (χ0v) is 5.83. The van der Waals surface area contributed by atoms with Gasteiger partial charge in [-0.3, -0.25) is 9.79 Å². The monoisotopic (exact) mass is 142 g/mol. The van der Waals surface area contributed by atoms with Crippen molar-refractivity contribution >= 4 is 12.3 Å². The molecule has 0 radical (unpaired) electrons. The third-order valence-electron chi connectivity index (χ3n) is 1.41. The van der Waals surface area contributed by atoms with Crippen LogP contribution in [0.15, 0.2) is 4.99 Å². The molecule has 1 aliphatic rings. The number of hydrogen-bond acceptors (Lipinski definition) is 4. The largest absolute Gasteiger partial charge is 0.469 e. The highest BCUT2D eigenvalue weighted by Crippen LogP contribution is 2.00. The van der Waals surface area contributed by atoms with Crippen LogP contribution in [0.1, 0.15) is 0 Å². The van der Waals surface area contributed by atoms with E-state index in [9.17, 15) is 4.79 Å². The van der Waals surface area contributed by atoms with E-state index in [4.69, 9.17) is 0 Å². The molecule has 0 amide bonds. The number of carbonyl (C=O) groups is 1. The molecule has 0 fully saturated rings. The van der Waals surface area contributed by atoms with Crippen molar-refractivity contribution in [3.8, 4) is 0 Å². The molecule has 0 spiro atoms. The molecule has 1 aliphatic heterocycles. The summed E-state index contributed by atoms with van der Waals surface area (Å²) >= 11 is 0. The van der Waals surface area contributed by atoms with Crippen molar-refractivity contribution in [1.82, 2.24) is 5.32 Å². The first kappa shape index (κ1) is 7.05. The SMILES string of the molecule is COC(=O)C1CN=CNC1. The molecule has 0 aliphatic carbocycles. The lowest BCUT2D eigenvalue weighted by Gasteiger charge is -2.15. The molecule has 1 atom stereocenters. The Bertz CT molecular complexity index is 156. The molecule has 4 nitrogen and oxygen atoms in total. The number of methoxy groups -OCH3 is 1. The molecule has 0 aromatic heterocycles. The van der Waals surface area contributed by atoms with Gasteiger partial charge in [0.15, 0.2) is 0 Å². The van der Waals surface area contributed by atoms with Gasteiger partial charge >= 0.3 is 5.97 Å². The zero-order valence-electron chi connectivity index (χ0n) is 5.83. The van der Waals surface area contributed by atoms with Gasteiger partial charge in [-0.25, -0.2) is 0 Å². The van der Waals surface area contributed by atoms with Gasteiger partial charge in [-0.05, 0) is 0 Å². The van der Waals surface area contributed by atoms with Gasteiger partial charge in [0.05, 0.1) is 25.9 Å². The van der Waals surface area contributed by atoms with Crippen molar-refractivity contribution in [3.05, 3.63) is 0 Å². The third-order valence-corrected chi connectivity index (χ3v) is 1.41. The summed E-state index contributed by atoms with van der Waals surface area (Å²) in [4.78, 5) is 14.7. The van der Waals surface area contributed by atoms with Gasteiger partial charge in [-0.2, -0.15) is 0 Å². The molecule has 56 valence electrons. The van der Waals surface area contributed by atoms with Gasteiger partial charge in [0.1, 0.15) is 0 Å². The third kappa shape index (κ3) is 1.46. The number of ether oxygens (including phenoxy) is 1. The van der Waals surface area contributed by atoms with E-state index < -0.39 is 0 Å². The average molecular weight is 142 g/mol. The van der Waals surface area contributed by atoms with E-state index in [2.05, 4.69) is 15.0 Å². The van der Waals surface area contributed by atoms with Crippen LogP contribution in [0.5, 0.6) is 0 Å². The van der Waals surface area contributed by atoms with E-state index in [-0.39, 0.29) is 11.9 Å². The Morgan fingerprint density at radius 1 is 1.90 bits per heavy atom. The molecular weight excluding hydrogens is 132 g/mol. The number of nitrogens with zero attached hydrogens (tertiary/aromatic N) is 1. The highest BCUT2D eigenvalue weighted by Gasteiger charge is 2.19. The van der Waals surface area contributed by atoms with Crippen LogP contribution in [0.25, 0.3) is 0 Å². The summed E-state index contributed by atoms with van der Waals surface area (Å²) in [6.07, 6.45) is 1.61. The van der Waals surface area contributed by atoms with Gasteiger partial charge in [0.25, 0.3) is 0 Å². The quantitative estimate of drug-likeness (QED) is 0.498. The summed E-state index contributed by atoms with van der Waals surface area (Å²) < 4.78 is 4.54. The van der Waals surface area contributed by atoms with Gasteiger partial charge in [0, 0.05) is 6.54 Å². The molecule has 1 rings (SSSR count). The molecule has 1 N–H and O–H groups in total. The molecule has 0 saturated carbocycles. The minimum absolute atomic E-state index is 0.102. The summed E-state index contributed by atoms with van der Waals surface area (Å²) in [5.41, 5.74) is 0. The van der Waals surface area contributed by atoms with Crippen molar-refractivity contribution in [3.63, 3.8) is 0 Å². The van der Waals surface area contributed by atoms with E-state index >= 15 is 0 Å². The lowest BCUT2D eigenvalue weighted by atomic mass is 10.1. The molecule has 0 aromatic rings. The Balaban J connectivity index is 2.41. The van der Waals surface area contributed by atoms with Crippen LogP contribution < -0.4 is 5.32 Å².